The summed E-state index contributed by atoms with van der Waals surface area (Å²) in [5, 5.41) is 12.1. The lowest BCUT2D eigenvalue weighted by atomic mass is 10.2. The van der Waals surface area contributed by atoms with Gasteiger partial charge in [-0.05, 0) is 32.0 Å². The summed E-state index contributed by atoms with van der Waals surface area (Å²) in [4.78, 5) is 25.7. The lowest BCUT2D eigenvalue weighted by Crippen LogP contribution is -2.27. The van der Waals surface area contributed by atoms with E-state index in [2.05, 4.69) is 50.8 Å². The van der Waals surface area contributed by atoms with E-state index in [0.717, 1.165) is 38.0 Å². The quantitative estimate of drug-likeness (QED) is 0.305. The number of rotatable bonds is 9. The number of carbonyl (C=O) groups is 1. The van der Waals surface area contributed by atoms with E-state index in [-0.39, 0.29) is 11.9 Å². The predicted octanol–water partition coefficient (Wildman–Crippen LogP) is 4.75. The van der Waals surface area contributed by atoms with Gasteiger partial charge in [0.25, 0.3) is 5.91 Å². The lowest BCUT2D eigenvalue weighted by Gasteiger charge is -2.15. The molecule has 0 aliphatic rings. The van der Waals surface area contributed by atoms with Gasteiger partial charge < -0.3 is 20.7 Å². The highest BCUT2D eigenvalue weighted by molar-refractivity contribution is 7.16. The van der Waals surface area contributed by atoms with Gasteiger partial charge in [0.15, 0.2) is 0 Å². The van der Waals surface area contributed by atoms with Crippen LogP contribution in [0.5, 0.6) is 0 Å². The minimum atomic E-state index is -0.215. The van der Waals surface area contributed by atoms with Gasteiger partial charge in [0.05, 0.1) is 27.9 Å². The zero-order chi connectivity index (χ0) is 22.5. The molecule has 3 aromatic heterocycles. The number of nitrogens with zero attached hydrogens (tertiary/aromatic N) is 3. The van der Waals surface area contributed by atoms with Crippen molar-refractivity contribution in [2.24, 2.45) is 0 Å². The minimum absolute atomic E-state index is 0.215. The van der Waals surface area contributed by atoms with Crippen LogP contribution in [0.15, 0.2) is 41.4 Å². The fourth-order valence-electron chi connectivity index (χ4n) is 3.06. The molecule has 8 nitrogen and oxygen atoms in total. The lowest BCUT2D eigenvalue weighted by molar-refractivity contribution is 0.0933. The number of methoxy groups -OCH3 is 1. The van der Waals surface area contributed by atoms with Crippen molar-refractivity contribution in [3.8, 4) is 10.6 Å². The van der Waals surface area contributed by atoms with Gasteiger partial charge in [-0.3, -0.25) is 4.79 Å². The van der Waals surface area contributed by atoms with Crippen molar-refractivity contribution in [1.29, 1.82) is 0 Å². The molecule has 32 heavy (non-hydrogen) atoms. The van der Waals surface area contributed by atoms with Gasteiger partial charge in [-0.1, -0.05) is 0 Å². The Kier molecular flexibility index (Phi) is 6.93. The fourth-order valence-corrected chi connectivity index (χ4v) is 4.60. The average Bonchev–Trinajstić information content (AvgIpc) is 3.43. The molecular formula is C22H24N6O2S2. The third-order valence-corrected chi connectivity index (χ3v) is 6.18. The molecule has 0 saturated carbocycles. The van der Waals surface area contributed by atoms with Crippen molar-refractivity contribution < 1.29 is 9.53 Å². The predicted molar refractivity (Wildman–Crippen MR) is 131 cm³/mol. The number of hydrogen-bond acceptors (Lipinski definition) is 9. The molecule has 0 radical (unpaired) electrons. The molecular weight excluding hydrogens is 444 g/mol. The van der Waals surface area contributed by atoms with Gasteiger partial charge in [-0.2, -0.15) is 0 Å². The SMILES string of the molecule is COCCNC(=O)c1csc(-c2cnc(Nc3ccc4ncsc4c3)cc2NC(C)C)n1. The molecule has 0 atom stereocenters. The van der Waals surface area contributed by atoms with E-state index in [9.17, 15) is 4.79 Å². The van der Waals surface area contributed by atoms with E-state index in [4.69, 9.17) is 4.74 Å². The second-order valence-electron chi connectivity index (χ2n) is 7.36. The van der Waals surface area contributed by atoms with Crippen molar-refractivity contribution in [3.63, 3.8) is 0 Å². The van der Waals surface area contributed by atoms with Crippen molar-refractivity contribution in [2.75, 3.05) is 30.9 Å². The van der Waals surface area contributed by atoms with Crippen molar-refractivity contribution >= 4 is 56.0 Å². The van der Waals surface area contributed by atoms with E-state index in [1.807, 2.05) is 23.7 Å². The summed E-state index contributed by atoms with van der Waals surface area (Å²) >= 11 is 3.02. The van der Waals surface area contributed by atoms with Crippen LogP contribution in [0.2, 0.25) is 0 Å². The standard InChI is InChI=1S/C22H24N6O2S2/c1-13(2)26-17-9-20(27-14-4-5-16-19(8-14)32-12-25-16)24-10-15(17)22-28-18(11-31-22)21(29)23-6-7-30-3/h4-5,8-13H,6-7H2,1-3H3,(H,23,29)(H2,24,26,27). The molecule has 1 amide bonds. The molecule has 0 aliphatic heterocycles. The van der Waals surface area contributed by atoms with Crippen LogP contribution in [0.3, 0.4) is 0 Å². The van der Waals surface area contributed by atoms with Gasteiger partial charge in [-0.25, -0.2) is 15.0 Å². The Balaban J connectivity index is 1.57. The maximum absolute atomic E-state index is 12.3. The third kappa shape index (κ3) is 5.21. The average molecular weight is 469 g/mol. The van der Waals surface area contributed by atoms with Crippen LogP contribution in [0.25, 0.3) is 20.8 Å². The van der Waals surface area contributed by atoms with Gasteiger partial charge >= 0.3 is 0 Å². The molecule has 4 aromatic rings. The number of nitrogens with one attached hydrogen (secondary N) is 3. The highest BCUT2D eigenvalue weighted by Gasteiger charge is 2.16. The van der Waals surface area contributed by atoms with E-state index in [0.29, 0.717) is 18.8 Å². The van der Waals surface area contributed by atoms with Crippen LogP contribution < -0.4 is 16.0 Å². The zero-order valence-corrected chi connectivity index (χ0v) is 19.6. The van der Waals surface area contributed by atoms with Crippen LogP contribution >= 0.6 is 22.7 Å². The summed E-state index contributed by atoms with van der Waals surface area (Å²) in [6.45, 7) is 5.05. The topological polar surface area (TPSA) is 101 Å². The van der Waals surface area contributed by atoms with Crippen molar-refractivity contribution in [3.05, 3.63) is 47.0 Å². The summed E-state index contributed by atoms with van der Waals surface area (Å²) in [5.41, 5.74) is 5.90. The van der Waals surface area contributed by atoms with Gasteiger partial charge in [-0.15, -0.1) is 22.7 Å². The molecule has 0 unspecified atom stereocenters. The Bertz CT molecular complexity index is 1220. The molecule has 10 heteroatoms. The molecule has 0 bridgehead atoms. The Morgan fingerprint density at radius 3 is 2.88 bits per heavy atom. The van der Waals surface area contributed by atoms with Gasteiger partial charge in [0, 0.05) is 48.7 Å². The van der Waals surface area contributed by atoms with Crippen molar-refractivity contribution in [1.82, 2.24) is 20.3 Å². The minimum Gasteiger partial charge on any atom is -0.383 e. The van der Waals surface area contributed by atoms with Crippen LogP contribution in [0, 0.1) is 0 Å². The van der Waals surface area contributed by atoms with E-state index >= 15 is 0 Å². The fraction of sp³-hybridized carbons (Fsp3) is 0.273. The molecule has 3 heterocycles. The number of benzene rings is 1. The van der Waals surface area contributed by atoms with E-state index < -0.39 is 0 Å². The number of thiazole rings is 2. The maximum Gasteiger partial charge on any atom is 0.270 e. The molecule has 166 valence electrons. The van der Waals surface area contributed by atoms with Gasteiger partial charge in [0.1, 0.15) is 16.5 Å². The van der Waals surface area contributed by atoms with Crippen LogP contribution in [0.1, 0.15) is 24.3 Å². The number of ether oxygens (including phenoxy) is 1. The summed E-state index contributed by atoms with van der Waals surface area (Å²) < 4.78 is 6.09. The van der Waals surface area contributed by atoms with Crippen LogP contribution in [0.4, 0.5) is 17.2 Å². The third-order valence-electron chi connectivity index (χ3n) is 4.51. The zero-order valence-electron chi connectivity index (χ0n) is 18.0. The summed E-state index contributed by atoms with van der Waals surface area (Å²) in [5.74, 6) is 0.502. The molecule has 1 aromatic carbocycles. The monoisotopic (exact) mass is 468 g/mol. The largest absolute Gasteiger partial charge is 0.383 e. The Morgan fingerprint density at radius 1 is 1.19 bits per heavy atom. The number of anilines is 3. The number of fused-ring (bicyclic) bond motifs is 1. The van der Waals surface area contributed by atoms with E-state index in [1.54, 1.807) is 30.0 Å². The normalized spacial score (nSPS) is 11.1. The molecule has 0 spiro atoms. The summed E-state index contributed by atoms with van der Waals surface area (Å²) in [6.07, 6.45) is 1.78. The highest BCUT2D eigenvalue weighted by atomic mass is 32.1. The molecule has 0 fully saturated rings. The first kappa shape index (κ1) is 22.1. The maximum atomic E-state index is 12.3. The molecule has 3 N–H and O–H groups in total. The highest BCUT2D eigenvalue weighted by Crippen LogP contribution is 2.33. The second-order valence-corrected chi connectivity index (χ2v) is 9.11. The van der Waals surface area contributed by atoms with Crippen molar-refractivity contribution in [2.45, 2.75) is 19.9 Å². The second kappa shape index (κ2) is 10.0. The van der Waals surface area contributed by atoms with Gasteiger partial charge in [0.2, 0.25) is 0 Å². The first-order chi connectivity index (χ1) is 15.5. The summed E-state index contributed by atoms with van der Waals surface area (Å²) in [6, 6.07) is 8.22. The number of amides is 1. The van der Waals surface area contributed by atoms with Crippen LogP contribution in [-0.4, -0.2) is 47.2 Å². The van der Waals surface area contributed by atoms with Crippen LogP contribution in [-0.2, 0) is 4.74 Å². The number of hydrogen-bond donors (Lipinski definition) is 3. The first-order valence-corrected chi connectivity index (χ1v) is 11.9. The molecule has 0 saturated heterocycles. The number of carbonyl (C=O) groups excluding carboxylic acids is 1. The smallest absolute Gasteiger partial charge is 0.270 e. The molecule has 4 rings (SSSR count). The first-order valence-electron chi connectivity index (χ1n) is 10.1. The Labute approximate surface area is 194 Å². The van der Waals surface area contributed by atoms with E-state index in [1.165, 1.54) is 11.3 Å². The number of pyridine rings is 1. The number of aromatic nitrogens is 3. The Morgan fingerprint density at radius 2 is 2.06 bits per heavy atom. The molecule has 0 aliphatic carbocycles. The summed E-state index contributed by atoms with van der Waals surface area (Å²) in [7, 11) is 1.60. The Hall–Kier alpha value is -3.08.